The molecule has 6 heteroatoms. The van der Waals surface area contributed by atoms with Crippen molar-refractivity contribution in [2.24, 2.45) is 0 Å². The topological polar surface area (TPSA) is 63.2 Å². The summed E-state index contributed by atoms with van der Waals surface area (Å²) < 4.78 is 25.4. The Bertz CT molecular complexity index is 459. The number of carbonyl (C=O) groups is 1. The van der Waals surface area contributed by atoms with E-state index in [4.69, 9.17) is 11.6 Å². The number of hydrogen-bond donors (Lipinski definition) is 1. The molecule has 0 saturated carbocycles. The van der Waals surface area contributed by atoms with Gasteiger partial charge in [0.05, 0.1) is 5.75 Å². The summed E-state index contributed by atoms with van der Waals surface area (Å²) in [7, 11) is -3.34. The zero-order valence-corrected chi connectivity index (χ0v) is 10.8. The van der Waals surface area contributed by atoms with Crippen molar-refractivity contribution in [2.45, 2.75) is 12.8 Å². The number of aryl methyl sites for hydroxylation is 1. The van der Waals surface area contributed by atoms with Crippen molar-refractivity contribution in [3.05, 3.63) is 35.9 Å². The molecule has 0 fully saturated rings. The van der Waals surface area contributed by atoms with Gasteiger partial charge in [0, 0.05) is 13.0 Å². The second kappa shape index (κ2) is 6.74. The van der Waals surface area contributed by atoms with E-state index in [1.54, 1.807) is 0 Å². The highest BCUT2D eigenvalue weighted by Gasteiger charge is 2.10. The first-order valence-electron chi connectivity index (χ1n) is 5.19. The zero-order valence-electron chi connectivity index (χ0n) is 9.23. The van der Waals surface area contributed by atoms with E-state index in [-0.39, 0.29) is 18.7 Å². The third-order valence-corrected chi connectivity index (χ3v) is 3.72. The molecule has 0 saturated heterocycles. The minimum absolute atomic E-state index is 0.00607. The minimum Gasteiger partial charge on any atom is -0.281 e. The van der Waals surface area contributed by atoms with Gasteiger partial charge in [-0.15, -0.1) is 0 Å². The van der Waals surface area contributed by atoms with Crippen LogP contribution in [0.2, 0.25) is 0 Å². The second-order valence-corrected chi connectivity index (χ2v) is 5.90. The van der Waals surface area contributed by atoms with Crippen molar-refractivity contribution in [1.82, 2.24) is 4.72 Å². The van der Waals surface area contributed by atoms with Crippen LogP contribution in [-0.4, -0.2) is 26.0 Å². The maximum atomic E-state index is 11.5. The standard InChI is InChI=1S/C11H14ClNO3S/c12-11(14)6-8-13-17(15,16)9-7-10-4-2-1-3-5-10/h1-5,13H,6-9H2. The molecule has 0 atom stereocenters. The fourth-order valence-electron chi connectivity index (χ4n) is 1.27. The first-order chi connectivity index (χ1) is 7.99. The van der Waals surface area contributed by atoms with Crippen molar-refractivity contribution in [2.75, 3.05) is 12.3 Å². The lowest BCUT2D eigenvalue weighted by Gasteiger charge is -2.05. The van der Waals surface area contributed by atoms with Gasteiger partial charge < -0.3 is 0 Å². The van der Waals surface area contributed by atoms with Crippen LogP contribution in [0.5, 0.6) is 0 Å². The molecular formula is C11H14ClNO3S. The van der Waals surface area contributed by atoms with Crippen LogP contribution in [-0.2, 0) is 21.2 Å². The smallest absolute Gasteiger partial charge is 0.222 e. The molecule has 1 rings (SSSR count). The van der Waals surface area contributed by atoms with Gasteiger partial charge in [-0.3, -0.25) is 4.79 Å². The van der Waals surface area contributed by atoms with Crippen LogP contribution in [0.15, 0.2) is 30.3 Å². The molecule has 1 N–H and O–H groups in total. The summed E-state index contributed by atoms with van der Waals surface area (Å²) in [5.74, 6) is 0.00743. The Morgan fingerprint density at radius 2 is 1.88 bits per heavy atom. The van der Waals surface area contributed by atoms with Gasteiger partial charge in [0.25, 0.3) is 0 Å². The molecule has 0 aliphatic carbocycles. The number of halogens is 1. The lowest BCUT2D eigenvalue weighted by molar-refractivity contribution is -0.111. The Hall–Kier alpha value is -0.910. The third-order valence-electron chi connectivity index (χ3n) is 2.15. The first-order valence-corrected chi connectivity index (χ1v) is 7.22. The molecule has 1 aromatic rings. The Balaban J connectivity index is 2.37. The van der Waals surface area contributed by atoms with Gasteiger partial charge in [0.2, 0.25) is 15.3 Å². The van der Waals surface area contributed by atoms with E-state index < -0.39 is 15.3 Å². The summed E-state index contributed by atoms with van der Waals surface area (Å²) >= 11 is 5.11. The molecule has 4 nitrogen and oxygen atoms in total. The van der Waals surface area contributed by atoms with Crippen molar-refractivity contribution in [3.8, 4) is 0 Å². The van der Waals surface area contributed by atoms with E-state index in [0.29, 0.717) is 6.42 Å². The second-order valence-electron chi connectivity index (χ2n) is 3.55. The molecule has 0 radical (unpaired) electrons. The summed E-state index contributed by atoms with van der Waals surface area (Å²) in [6.45, 7) is 0.0550. The normalized spacial score (nSPS) is 11.4. The number of carbonyl (C=O) groups excluding carboxylic acids is 1. The van der Waals surface area contributed by atoms with Gasteiger partial charge in [0.1, 0.15) is 0 Å². The molecule has 0 aromatic heterocycles. The van der Waals surface area contributed by atoms with Crippen LogP contribution in [0.3, 0.4) is 0 Å². The third kappa shape index (κ3) is 6.41. The summed E-state index contributed by atoms with van der Waals surface area (Å²) in [6.07, 6.45) is 0.455. The van der Waals surface area contributed by atoms with Gasteiger partial charge in [-0.2, -0.15) is 0 Å². The summed E-state index contributed by atoms with van der Waals surface area (Å²) in [5, 5.41) is -0.546. The Labute approximate surface area is 106 Å². The first kappa shape index (κ1) is 14.2. The number of benzene rings is 1. The number of nitrogens with one attached hydrogen (secondary N) is 1. The highest BCUT2D eigenvalue weighted by atomic mass is 35.5. The lowest BCUT2D eigenvalue weighted by atomic mass is 10.2. The number of hydrogen-bond acceptors (Lipinski definition) is 3. The van der Waals surface area contributed by atoms with E-state index in [9.17, 15) is 13.2 Å². The van der Waals surface area contributed by atoms with E-state index in [2.05, 4.69) is 4.72 Å². The Morgan fingerprint density at radius 1 is 1.24 bits per heavy atom. The largest absolute Gasteiger partial charge is 0.281 e. The molecule has 0 aliphatic heterocycles. The zero-order chi connectivity index (χ0) is 12.7. The SMILES string of the molecule is O=C(Cl)CCNS(=O)(=O)CCc1ccccc1. The quantitative estimate of drug-likeness (QED) is 0.763. The van der Waals surface area contributed by atoms with Crippen LogP contribution < -0.4 is 4.72 Å². The monoisotopic (exact) mass is 275 g/mol. The average Bonchev–Trinajstić information content (AvgIpc) is 2.27. The number of sulfonamides is 1. The lowest BCUT2D eigenvalue weighted by Crippen LogP contribution is -2.28. The maximum absolute atomic E-state index is 11.5. The minimum atomic E-state index is -3.34. The van der Waals surface area contributed by atoms with Gasteiger partial charge in [-0.25, -0.2) is 13.1 Å². The van der Waals surface area contributed by atoms with Crippen molar-refractivity contribution in [1.29, 1.82) is 0 Å². The van der Waals surface area contributed by atoms with E-state index in [0.717, 1.165) is 5.56 Å². The fraction of sp³-hybridized carbons (Fsp3) is 0.364. The molecule has 0 spiro atoms. The molecule has 17 heavy (non-hydrogen) atoms. The number of rotatable bonds is 7. The van der Waals surface area contributed by atoms with Crippen LogP contribution in [0.4, 0.5) is 0 Å². The molecule has 1 aromatic carbocycles. The fourth-order valence-corrected chi connectivity index (χ4v) is 2.43. The molecule has 0 amide bonds. The van der Waals surface area contributed by atoms with E-state index >= 15 is 0 Å². The van der Waals surface area contributed by atoms with Gasteiger partial charge >= 0.3 is 0 Å². The van der Waals surface area contributed by atoms with Crippen molar-refractivity contribution >= 4 is 26.9 Å². The van der Waals surface area contributed by atoms with Crippen LogP contribution in [0.25, 0.3) is 0 Å². The van der Waals surface area contributed by atoms with Crippen molar-refractivity contribution in [3.63, 3.8) is 0 Å². The molecular weight excluding hydrogens is 262 g/mol. The van der Waals surface area contributed by atoms with E-state index in [1.165, 1.54) is 0 Å². The maximum Gasteiger partial charge on any atom is 0.222 e. The predicted octanol–water partition coefficient (Wildman–Crippen LogP) is 1.30. The molecule has 0 heterocycles. The van der Waals surface area contributed by atoms with Crippen LogP contribution in [0.1, 0.15) is 12.0 Å². The van der Waals surface area contributed by atoms with Crippen LogP contribution in [0, 0.1) is 0 Å². The van der Waals surface area contributed by atoms with Gasteiger partial charge in [-0.05, 0) is 23.6 Å². The molecule has 0 bridgehead atoms. The molecule has 0 unspecified atom stereocenters. The Kier molecular flexibility index (Phi) is 5.61. The van der Waals surface area contributed by atoms with Crippen LogP contribution >= 0.6 is 11.6 Å². The summed E-state index contributed by atoms with van der Waals surface area (Å²) in [4.78, 5) is 10.4. The predicted molar refractivity (Wildman–Crippen MR) is 67.4 cm³/mol. The highest BCUT2D eigenvalue weighted by Crippen LogP contribution is 2.01. The van der Waals surface area contributed by atoms with Gasteiger partial charge in [0.15, 0.2) is 0 Å². The molecule has 94 valence electrons. The Morgan fingerprint density at radius 3 is 2.47 bits per heavy atom. The summed E-state index contributed by atoms with van der Waals surface area (Å²) in [6, 6.07) is 9.35. The van der Waals surface area contributed by atoms with E-state index in [1.807, 2.05) is 30.3 Å². The molecule has 0 aliphatic rings. The van der Waals surface area contributed by atoms with Gasteiger partial charge in [-0.1, -0.05) is 30.3 Å². The van der Waals surface area contributed by atoms with Crippen molar-refractivity contribution < 1.29 is 13.2 Å². The average molecular weight is 276 g/mol. The highest BCUT2D eigenvalue weighted by molar-refractivity contribution is 7.89. The summed E-state index contributed by atoms with van der Waals surface area (Å²) in [5.41, 5.74) is 0.964.